The fraction of sp³-hybridized carbons (Fsp3) is 0.286. The van der Waals surface area contributed by atoms with Gasteiger partial charge in [0, 0.05) is 29.5 Å². The Kier molecular flexibility index (Phi) is 9.17. The van der Waals surface area contributed by atoms with Crippen molar-refractivity contribution in [3.8, 4) is 5.75 Å². The van der Waals surface area contributed by atoms with Crippen molar-refractivity contribution in [3.05, 3.63) is 64.1 Å². The molecular weight excluding hydrogens is 440 g/mol. The van der Waals surface area contributed by atoms with Crippen LogP contribution in [0.25, 0.3) is 0 Å². The molecule has 0 spiro atoms. The van der Waals surface area contributed by atoms with Crippen molar-refractivity contribution in [2.24, 2.45) is 0 Å². The van der Waals surface area contributed by atoms with Gasteiger partial charge in [0.05, 0.1) is 6.61 Å². The van der Waals surface area contributed by atoms with Gasteiger partial charge in [0.2, 0.25) is 5.91 Å². The lowest BCUT2D eigenvalue weighted by molar-refractivity contribution is -0.121. The Balaban J connectivity index is 1.66. The maximum absolute atomic E-state index is 12.1. The number of halogens is 1. The van der Waals surface area contributed by atoms with Gasteiger partial charge in [-0.2, -0.15) is 0 Å². The molecule has 0 fully saturated rings. The average molecular weight is 463 g/mol. The van der Waals surface area contributed by atoms with E-state index in [2.05, 4.69) is 31.3 Å². The lowest BCUT2D eigenvalue weighted by Crippen LogP contribution is -2.34. The molecule has 29 heavy (non-hydrogen) atoms. The summed E-state index contributed by atoms with van der Waals surface area (Å²) in [7, 11) is 0. The Labute approximate surface area is 177 Å². The molecule has 8 heteroatoms. The lowest BCUT2D eigenvalue weighted by atomic mass is 10.1. The average Bonchev–Trinajstić information content (AvgIpc) is 2.71. The number of rotatable bonds is 9. The molecule has 2 rings (SSSR count). The Morgan fingerprint density at radius 2 is 1.66 bits per heavy atom. The topological polar surface area (TPSA) is 93.7 Å². The third kappa shape index (κ3) is 7.95. The van der Waals surface area contributed by atoms with E-state index in [1.807, 2.05) is 24.3 Å². The number of benzene rings is 2. The molecule has 2 N–H and O–H groups in total. The predicted molar refractivity (Wildman–Crippen MR) is 112 cm³/mol. The predicted octanol–water partition coefficient (Wildman–Crippen LogP) is 3.46. The summed E-state index contributed by atoms with van der Waals surface area (Å²) >= 11 is 3.46. The highest BCUT2D eigenvalue weighted by Crippen LogP contribution is 2.17. The van der Waals surface area contributed by atoms with Gasteiger partial charge in [-0.1, -0.05) is 34.1 Å². The van der Waals surface area contributed by atoms with Gasteiger partial charge in [0.1, 0.15) is 5.75 Å². The summed E-state index contributed by atoms with van der Waals surface area (Å²) in [6.45, 7) is 2.55. The molecule has 2 aromatic rings. The zero-order valence-corrected chi connectivity index (χ0v) is 17.7. The fourth-order valence-corrected chi connectivity index (χ4v) is 2.92. The SMILES string of the molecule is CCOC(=O)Oc1ccc(C(=O)NCCNC(=O)CCc2ccccc2Br)cc1. The third-order valence-electron chi connectivity index (χ3n) is 3.89. The zero-order valence-electron chi connectivity index (χ0n) is 16.1. The first-order valence-corrected chi connectivity index (χ1v) is 10.0. The second-order valence-electron chi connectivity index (χ2n) is 6.01. The van der Waals surface area contributed by atoms with Crippen LogP contribution in [0, 0.1) is 0 Å². The molecule has 0 aliphatic carbocycles. The largest absolute Gasteiger partial charge is 0.513 e. The van der Waals surface area contributed by atoms with Crippen LogP contribution >= 0.6 is 15.9 Å². The number of hydrogen-bond acceptors (Lipinski definition) is 5. The number of nitrogens with one attached hydrogen (secondary N) is 2. The normalized spacial score (nSPS) is 10.1. The van der Waals surface area contributed by atoms with Gasteiger partial charge in [-0.25, -0.2) is 4.79 Å². The highest BCUT2D eigenvalue weighted by atomic mass is 79.9. The standard InChI is InChI=1S/C21H23BrN2O5/c1-2-28-21(27)29-17-10-7-16(8-11-17)20(26)24-14-13-23-19(25)12-9-15-5-3-4-6-18(15)22/h3-8,10-11H,2,9,12-14H2,1H3,(H,23,25)(H,24,26). The minimum Gasteiger partial charge on any atom is -0.434 e. The molecule has 154 valence electrons. The highest BCUT2D eigenvalue weighted by Gasteiger charge is 2.09. The first-order valence-electron chi connectivity index (χ1n) is 9.22. The first-order chi connectivity index (χ1) is 14.0. The summed E-state index contributed by atoms with van der Waals surface area (Å²) in [5.74, 6) is -0.0667. The van der Waals surface area contributed by atoms with Gasteiger partial charge in [0.25, 0.3) is 5.91 Å². The summed E-state index contributed by atoms with van der Waals surface area (Å²) in [6.07, 6.45) is 0.221. The zero-order chi connectivity index (χ0) is 21.1. The molecular formula is C21H23BrN2O5. The second kappa shape index (κ2) is 11.9. The highest BCUT2D eigenvalue weighted by molar-refractivity contribution is 9.10. The van der Waals surface area contributed by atoms with E-state index in [0.717, 1.165) is 10.0 Å². The molecule has 0 saturated heterocycles. The van der Waals surface area contributed by atoms with Crippen LogP contribution in [0.2, 0.25) is 0 Å². The van der Waals surface area contributed by atoms with Gasteiger partial charge in [0.15, 0.2) is 0 Å². The molecule has 0 atom stereocenters. The Hall–Kier alpha value is -2.87. The maximum atomic E-state index is 12.1. The number of aryl methyl sites for hydroxylation is 1. The molecule has 0 radical (unpaired) electrons. The van der Waals surface area contributed by atoms with Gasteiger partial charge in [-0.3, -0.25) is 9.59 Å². The van der Waals surface area contributed by atoms with Crippen molar-refractivity contribution >= 4 is 33.9 Å². The number of hydrogen-bond donors (Lipinski definition) is 2. The summed E-state index contributed by atoms with van der Waals surface area (Å²) in [6, 6.07) is 13.9. The van der Waals surface area contributed by atoms with Gasteiger partial charge in [-0.15, -0.1) is 0 Å². The van der Waals surface area contributed by atoms with Crippen LogP contribution in [0.1, 0.15) is 29.3 Å². The van der Waals surface area contributed by atoms with Crippen molar-refractivity contribution in [2.75, 3.05) is 19.7 Å². The van der Waals surface area contributed by atoms with Crippen LogP contribution < -0.4 is 15.4 Å². The molecule has 0 heterocycles. The van der Waals surface area contributed by atoms with Crippen molar-refractivity contribution in [2.45, 2.75) is 19.8 Å². The van der Waals surface area contributed by atoms with Crippen molar-refractivity contribution in [3.63, 3.8) is 0 Å². The number of carbonyl (C=O) groups is 3. The quantitative estimate of drug-likeness (QED) is 0.338. The van der Waals surface area contributed by atoms with Gasteiger partial charge < -0.3 is 20.1 Å². The minimum atomic E-state index is -0.792. The van der Waals surface area contributed by atoms with E-state index in [1.54, 1.807) is 19.1 Å². The van der Waals surface area contributed by atoms with E-state index in [4.69, 9.17) is 4.74 Å². The molecule has 0 unspecified atom stereocenters. The molecule has 0 aliphatic heterocycles. The number of ether oxygens (including phenoxy) is 2. The number of carbonyl (C=O) groups excluding carboxylic acids is 3. The third-order valence-corrected chi connectivity index (χ3v) is 4.67. The molecule has 0 saturated carbocycles. The van der Waals surface area contributed by atoms with Gasteiger partial charge in [-0.05, 0) is 49.2 Å². The molecule has 0 aliphatic rings. The number of amides is 2. The van der Waals surface area contributed by atoms with Crippen LogP contribution in [-0.4, -0.2) is 37.7 Å². The fourth-order valence-electron chi connectivity index (χ4n) is 2.44. The molecule has 2 amide bonds. The molecule has 0 bridgehead atoms. The smallest absolute Gasteiger partial charge is 0.434 e. The van der Waals surface area contributed by atoms with Crippen LogP contribution in [0.5, 0.6) is 5.75 Å². The van der Waals surface area contributed by atoms with Crippen LogP contribution in [0.3, 0.4) is 0 Å². The van der Waals surface area contributed by atoms with E-state index >= 15 is 0 Å². The van der Waals surface area contributed by atoms with Crippen LogP contribution in [0.4, 0.5) is 4.79 Å². The summed E-state index contributed by atoms with van der Waals surface area (Å²) in [4.78, 5) is 35.3. The first kappa shape index (κ1) is 22.4. The van der Waals surface area contributed by atoms with E-state index in [-0.39, 0.29) is 24.2 Å². The summed E-state index contributed by atoms with van der Waals surface area (Å²) < 4.78 is 10.6. The van der Waals surface area contributed by atoms with E-state index in [1.165, 1.54) is 12.1 Å². The lowest BCUT2D eigenvalue weighted by Gasteiger charge is -2.08. The monoisotopic (exact) mass is 462 g/mol. The molecule has 7 nitrogen and oxygen atoms in total. The Morgan fingerprint density at radius 3 is 2.34 bits per heavy atom. The maximum Gasteiger partial charge on any atom is 0.513 e. The Bertz CT molecular complexity index is 839. The Morgan fingerprint density at radius 1 is 0.966 bits per heavy atom. The van der Waals surface area contributed by atoms with E-state index in [0.29, 0.717) is 31.5 Å². The summed E-state index contributed by atoms with van der Waals surface area (Å²) in [5, 5.41) is 5.51. The van der Waals surface area contributed by atoms with Crippen molar-refractivity contribution in [1.29, 1.82) is 0 Å². The van der Waals surface area contributed by atoms with E-state index < -0.39 is 6.16 Å². The van der Waals surface area contributed by atoms with Gasteiger partial charge >= 0.3 is 6.16 Å². The minimum absolute atomic E-state index is 0.0736. The van der Waals surface area contributed by atoms with E-state index in [9.17, 15) is 14.4 Å². The summed E-state index contributed by atoms with van der Waals surface area (Å²) in [5.41, 5.74) is 1.49. The van der Waals surface area contributed by atoms with Crippen LogP contribution in [0.15, 0.2) is 53.0 Å². The van der Waals surface area contributed by atoms with Crippen molar-refractivity contribution in [1.82, 2.24) is 10.6 Å². The van der Waals surface area contributed by atoms with Crippen molar-refractivity contribution < 1.29 is 23.9 Å². The van der Waals surface area contributed by atoms with Crippen LogP contribution in [-0.2, 0) is 16.0 Å². The molecule has 0 aromatic heterocycles. The molecule has 2 aromatic carbocycles. The second-order valence-corrected chi connectivity index (χ2v) is 6.86.